The fourth-order valence-electron chi connectivity index (χ4n) is 18.8. The van der Waals surface area contributed by atoms with Gasteiger partial charge in [0.1, 0.15) is 0 Å². The fraction of sp³-hybridized carbons (Fsp3) is 0.500. The Morgan fingerprint density at radius 1 is 0.672 bits per heavy atom. The molecular weight excluding hydrogens is 773 g/mol. The highest BCUT2D eigenvalue weighted by Crippen LogP contribution is 2.71. The van der Waals surface area contributed by atoms with Crippen molar-refractivity contribution in [2.75, 3.05) is 16.8 Å². The molecule has 0 aromatic heterocycles. The van der Waals surface area contributed by atoms with Crippen LogP contribution >= 0.6 is 0 Å². The molecule has 6 aliphatic heterocycles. The van der Waals surface area contributed by atoms with Gasteiger partial charge >= 0.3 is 0 Å². The Morgan fingerprint density at radius 2 is 1.34 bits per heavy atom. The molecule has 5 saturated carbocycles. The van der Waals surface area contributed by atoms with E-state index in [1.54, 1.807) is 38.9 Å². The van der Waals surface area contributed by atoms with E-state index in [1.807, 2.05) is 0 Å². The van der Waals surface area contributed by atoms with Crippen LogP contribution in [0.3, 0.4) is 0 Å². The zero-order chi connectivity index (χ0) is 42.8. The van der Waals surface area contributed by atoms with Crippen molar-refractivity contribution in [3.05, 3.63) is 125 Å². The Balaban J connectivity index is 1.04. The molecule has 11 aliphatic rings. The summed E-state index contributed by atoms with van der Waals surface area (Å²) < 4.78 is 0. The van der Waals surface area contributed by atoms with Crippen molar-refractivity contribution >= 4 is 57.2 Å². The lowest BCUT2D eigenvalue weighted by Crippen LogP contribution is -2.65. The average Bonchev–Trinajstić information content (AvgIpc) is 3.96. The summed E-state index contributed by atoms with van der Waals surface area (Å²) in [6.07, 6.45) is 15.0. The van der Waals surface area contributed by atoms with Gasteiger partial charge in [-0.25, -0.2) is 0 Å². The molecule has 0 amide bonds. The first kappa shape index (κ1) is 37.9. The molecule has 2 saturated heterocycles. The van der Waals surface area contributed by atoms with Crippen molar-refractivity contribution in [1.29, 1.82) is 0 Å². The van der Waals surface area contributed by atoms with Crippen LogP contribution in [-0.4, -0.2) is 30.7 Å². The van der Waals surface area contributed by atoms with Crippen molar-refractivity contribution in [2.24, 2.45) is 47.3 Å². The van der Waals surface area contributed by atoms with Gasteiger partial charge in [-0.3, -0.25) is 0 Å². The van der Waals surface area contributed by atoms with Crippen LogP contribution in [0.2, 0.25) is 0 Å². The van der Waals surface area contributed by atoms with Gasteiger partial charge in [0.2, 0.25) is 0 Å². The Bertz CT molecular complexity index is 2840. The van der Waals surface area contributed by atoms with Crippen LogP contribution in [0, 0.1) is 47.3 Å². The Morgan fingerprint density at radius 3 is 2.06 bits per heavy atom. The third-order valence-corrected chi connectivity index (χ3v) is 21.1. The number of benzene rings is 5. The molecule has 324 valence electrons. The lowest BCUT2D eigenvalue weighted by atomic mass is 9.32. The number of anilines is 6. The Kier molecular flexibility index (Phi) is 7.45. The second-order valence-electron chi connectivity index (χ2n) is 24.4. The van der Waals surface area contributed by atoms with E-state index >= 15 is 0 Å². The maximum atomic E-state index is 2.84. The third kappa shape index (κ3) is 4.35. The van der Waals surface area contributed by atoms with Crippen molar-refractivity contribution in [3.8, 4) is 0 Å². The highest BCUT2D eigenvalue weighted by molar-refractivity contribution is 7.00. The second kappa shape index (κ2) is 12.6. The normalized spacial score (nSPS) is 36.1. The smallest absolute Gasteiger partial charge is 0.252 e. The number of fused-ring (bicyclic) bond motifs is 12. The molecule has 64 heavy (non-hydrogen) atoms. The van der Waals surface area contributed by atoms with Crippen molar-refractivity contribution in [1.82, 2.24) is 4.90 Å². The summed E-state index contributed by atoms with van der Waals surface area (Å²) in [7, 11) is 2.46. The molecular formula is C60H66BN3. The summed E-state index contributed by atoms with van der Waals surface area (Å²) >= 11 is 0. The summed E-state index contributed by atoms with van der Waals surface area (Å²) in [5.74, 6) is 6.29. The Hall–Kier alpha value is -4.28. The predicted molar refractivity (Wildman–Crippen MR) is 266 cm³/mol. The fourth-order valence-corrected chi connectivity index (χ4v) is 18.8. The minimum Gasteiger partial charge on any atom is -0.311 e. The van der Waals surface area contributed by atoms with Gasteiger partial charge < -0.3 is 14.7 Å². The number of hydrogen-bond donors (Lipinski definition) is 0. The predicted octanol–water partition coefficient (Wildman–Crippen LogP) is 12.3. The summed E-state index contributed by atoms with van der Waals surface area (Å²) in [5, 5.41) is 0. The topological polar surface area (TPSA) is 9.72 Å². The first-order valence-corrected chi connectivity index (χ1v) is 26.1. The molecule has 2 spiro atoms. The molecule has 0 radical (unpaired) electrons. The molecule has 5 aliphatic carbocycles. The van der Waals surface area contributed by atoms with Crippen LogP contribution in [0.15, 0.2) is 97.1 Å². The number of nitrogens with zero attached hydrogens (tertiary/aromatic N) is 3. The SMILES string of the molecule is CCCC1CC2C(C)CC3CC2C(C3)C12c1ccccc1N1c3cc(C(C)(C)C)cc4c3B(c3cccc5c3N4c3ccccc3C53CC4CC(C5CCC3C5)N4C)c3cccc2c31. The van der Waals surface area contributed by atoms with Gasteiger partial charge in [-0.05, 0) is 192 Å². The van der Waals surface area contributed by atoms with Crippen LogP contribution in [0.1, 0.15) is 133 Å². The Labute approximate surface area is 383 Å². The average molecular weight is 840 g/mol. The number of hydrogen-bond acceptors (Lipinski definition) is 3. The molecule has 7 fully saturated rings. The second-order valence-corrected chi connectivity index (χ2v) is 24.4. The minimum absolute atomic E-state index is 0.00271. The summed E-state index contributed by atoms with van der Waals surface area (Å²) in [4.78, 5) is 8.48. The van der Waals surface area contributed by atoms with Gasteiger partial charge in [0.25, 0.3) is 6.71 Å². The van der Waals surface area contributed by atoms with Crippen molar-refractivity contribution in [3.63, 3.8) is 0 Å². The van der Waals surface area contributed by atoms with E-state index in [-0.39, 0.29) is 23.0 Å². The number of para-hydroxylation sites is 4. The molecule has 16 rings (SSSR count). The quantitative estimate of drug-likeness (QED) is 0.161. The van der Waals surface area contributed by atoms with Crippen molar-refractivity contribution in [2.45, 2.75) is 134 Å². The molecule has 5 aromatic carbocycles. The molecule has 12 atom stereocenters. The maximum absolute atomic E-state index is 2.84. The van der Waals surface area contributed by atoms with E-state index in [0.29, 0.717) is 23.8 Å². The molecule has 6 bridgehead atoms. The lowest BCUT2D eigenvalue weighted by Gasteiger charge is -2.61. The molecule has 4 heteroatoms. The maximum Gasteiger partial charge on any atom is 0.252 e. The zero-order valence-electron chi connectivity index (χ0n) is 39.2. The van der Waals surface area contributed by atoms with Crippen LogP contribution in [-0.2, 0) is 16.2 Å². The first-order chi connectivity index (χ1) is 31.1. The van der Waals surface area contributed by atoms with Gasteiger partial charge in [0.05, 0.1) is 11.4 Å². The van der Waals surface area contributed by atoms with E-state index in [4.69, 9.17) is 0 Å². The van der Waals surface area contributed by atoms with Gasteiger partial charge in [-0.15, -0.1) is 0 Å². The minimum atomic E-state index is -0.0277. The summed E-state index contributed by atoms with van der Waals surface area (Å²) in [6, 6.07) is 42.0. The van der Waals surface area contributed by atoms with Crippen LogP contribution in [0.25, 0.3) is 0 Å². The van der Waals surface area contributed by atoms with Gasteiger partial charge in [0.15, 0.2) is 0 Å². The number of rotatable bonds is 2. The van der Waals surface area contributed by atoms with E-state index in [1.165, 1.54) is 110 Å². The molecule has 0 N–H and O–H groups in total. The van der Waals surface area contributed by atoms with Crippen LogP contribution < -0.4 is 26.2 Å². The molecule has 3 nitrogen and oxygen atoms in total. The van der Waals surface area contributed by atoms with E-state index < -0.39 is 0 Å². The van der Waals surface area contributed by atoms with E-state index in [0.717, 1.165) is 35.6 Å². The third-order valence-electron chi connectivity index (χ3n) is 21.1. The van der Waals surface area contributed by atoms with Crippen LogP contribution in [0.5, 0.6) is 0 Å². The monoisotopic (exact) mass is 840 g/mol. The zero-order valence-corrected chi connectivity index (χ0v) is 39.2. The van der Waals surface area contributed by atoms with E-state index in [2.05, 4.69) is 153 Å². The van der Waals surface area contributed by atoms with E-state index in [9.17, 15) is 0 Å². The largest absolute Gasteiger partial charge is 0.311 e. The van der Waals surface area contributed by atoms with Gasteiger partial charge in [-0.1, -0.05) is 114 Å². The van der Waals surface area contributed by atoms with Crippen LogP contribution in [0.4, 0.5) is 34.1 Å². The van der Waals surface area contributed by atoms with Crippen molar-refractivity contribution < 1.29 is 0 Å². The molecule has 12 unspecified atom stereocenters. The van der Waals surface area contributed by atoms with Gasteiger partial charge in [0, 0.05) is 45.7 Å². The summed E-state index contributed by atoms with van der Waals surface area (Å²) in [6.45, 7) is 12.6. The first-order valence-electron chi connectivity index (χ1n) is 26.1. The summed E-state index contributed by atoms with van der Waals surface area (Å²) in [5.41, 5.74) is 21.4. The highest BCUT2D eigenvalue weighted by atomic mass is 15.2. The molecule has 6 heterocycles. The van der Waals surface area contributed by atoms with Gasteiger partial charge in [-0.2, -0.15) is 0 Å². The highest BCUT2D eigenvalue weighted by Gasteiger charge is 2.65. The standard InChI is InChI=1S/C60H66BN3/c1-7-14-38-29-41-34(2)25-35-26-42(41)47(27-35)60(38)44-16-9-11-22-51(44)64-54-31-39(58(3,4)5)30-53-55(54)61(49-20-13-18-46(60)57(49)64)48-19-12-17-45-56(48)63(53)50-21-10-8-15-43(50)59(45)33-40-32-52(62(40)6)36-23-24-37(59)28-36/h8-13,15-22,30-31,34-38,40-42,47,52H,7,14,23-29,32-33H2,1-6H3. The lowest BCUT2D eigenvalue weighted by molar-refractivity contribution is -0.0260. The molecule has 5 aromatic rings.